The molecule has 0 aliphatic carbocycles. The van der Waals surface area contributed by atoms with E-state index in [2.05, 4.69) is 20.5 Å². The van der Waals surface area contributed by atoms with Crippen molar-refractivity contribution in [1.82, 2.24) is 15.2 Å². The van der Waals surface area contributed by atoms with Gasteiger partial charge in [-0.2, -0.15) is 18.3 Å². The molecule has 0 aromatic carbocycles. The first-order valence-corrected chi connectivity index (χ1v) is 7.42. The van der Waals surface area contributed by atoms with Gasteiger partial charge in [0.15, 0.2) is 11.5 Å². The van der Waals surface area contributed by atoms with Crippen molar-refractivity contribution in [2.75, 3.05) is 18.5 Å². The second kappa shape index (κ2) is 6.60. The number of aromatic nitrogens is 3. The number of nitrogens with one attached hydrogen (secondary N) is 2. The highest BCUT2D eigenvalue weighted by Crippen LogP contribution is 2.31. The number of halogens is 3. The van der Waals surface area contributed by atoms with Crippen LogP contribution in [0.2, 0.25) is 0 Å². The summed E-state index contributed by atoms with van der Waals surface area (Å²) in [6.45, 7) is 1.30. The molecule has 2 aromatic rings. The van der Waals surface area contributed by atoms with E-state index in [0.29, 0.717) is 13.2 Å². The van der Waals surface area contributed by atoms with Gasteiger partial charge in [0.2, 0.25) is 0 Å². The van der Waals surface area contributed by atoms with Crippen molar-refractivity contribution in [3.05, 3.63) is 41.3 Å². The first-order valence-electron chi connectivity index (χ1n) is 7.42. The number of hydrogen-bond donors (Lipinski definition) is 2. The minimum absolute atomic E-state index is 0.179. The van der Waals surface area contributed by atoms with E-state index in [9.17, 15) is 18.0 Å². The molecule has 0 bridgehead atoms. The lowest BCUT2D eigenvalue weighted by atomic mass is 9.97. The van der Waals surface area contributed by atoms with Crippen LogP contribution in [0.15, 0.2) is 24.4 Å². The van der Waals surface area contributed by atoms with Gasteiger partial charge in [0, 0.05) is 37.1 Å². The van der Waals surface area contributed by atoms with E-state index in [0.717, 1.165) is 30.8 Å². The Hall–Kier alpha value is -2.42. The van der Waals surface area contributed by atoms with E-state index in [1.165, 1.54) is 6.07 Å². The summed E-state index contributed by atoms with van der Waals surface area (Å²) >= 11 is 0. The van der Waals surface area contributed by atoms with Gasteiger partial charge in [-0.15, -0.1) is 0 Å². The van der Waals surface area contributed by atoms with Crippen LogP contribution in [0.4, 0.5) is 19.0 Å². The molecule has 2 N–H and O–H groups in total. The number of H-pyrrole nitrogens is 1. The molecule has 6 nitrogen and oxygen atoms in total. The number of carbonyl (C=O) groups is 1. The van der Waals surface area contributed by atoms with Gasteiger partial charge in [0.1, 0.15) is 0 Å². The number of rotatable bonds is 3. The molecule has 0 spiro atoms. The smallest absolute Gasteiger partial charge is 0.381 e. The molecule has 0 atom stereocenters. The molecule has 1 fully saturated rings. The van der Waals surface area contributed by atoms with Gasteiger partial charge in [0.25, 0.3) is 5.91 Å². The molecule has 0 unspecified atom stereocenters. The van der Waals surface area contributed by atoms with E-state index < -0.39 is 23.3 Å². The highest BCUT2D eigenvalue weighted by atomic mass is 19.4. The first-order chi connectivity index (χ1) is 11.4. The van der Waals surface area contributed by atoms with Gasteiger partial charge < -0.3 is 10.1 Å². The fourth-order valence-corrected chi connectivity index (χ4v) is 2.62. The van der Waals surface area contributed by atoms with E-state index >= 15 is 0 Å². The number of alkyl halides is 3. The molecule has 0 radical (unpaired) electrons. The molecule has 1 saturated heterocycles. The number of anilines is 1. The Morgan fingerprint density at radius 3 is 2.79 bits per heavy atom. The Morgan fingerprint density at radius 1 is 1.33 bits per heavy atom. The molecule has 3 heterocycles. The van der Waals surface area contributed by atoms with Crippen LogP contribution < -0.4 is 5.32 Å². The van der Waals surface area contributed by atoms with Crippen molar-refractivity contribution in [2.45, 2.75) is 24.9 Å². The van der Waals surface area contributed by atoms with Crippen molar-refractivity contribution in [3.8, 4) is 0 Å². The summed E-state index contributed by atoms with van der Waals surface area (Å²) in [6, 6.07) is 4.00. The third-order valence-corrected chi connectivity index (χ3v) is 3.82. The monoisotopic (exact) mass is 340 g/mol. The molecular weight excluding hydrogens is 325 g/mol. The molecule has 24 heavy (non-hydrogen) atoms. The molecule has 0 saturated carbocycles. The molecule has 1 amide bonds. The van der Waals surface area contributed by atoms with Crippen LogP contribution >= 0.6 is 0 Å². The minimum atomic E-state index is -4.70. The van der Waals surface area contributed by atoms with Crippen LogP contribution in [0.3, 0.4) is 0 Å². The second-order valence-electron chi connectivity index (χ2n) is 5.45. The van der Waals surface area contributed by atoms with Gasteiger partial charge >= 0.3 is 6.18 Å². The molecule has 9 heteroatoms. The zero-order valence-corrected chi connectivity index (χ0v) is 12.6. The summed E-state index contributed by atoms with van der Waals surface area (Å²) in [7, 11) is 0. The van der Waals surface area contributed by atoms with Crippen molar-refractivity contribution < 1.29 is 22.7 Å². The fraction of sp³-hybridized carbons (Fsp3) is 0.400. The fourth-order valence-electron chi connectivity index (χ4n) is 2.62. The Balaban J connectivity index is 1.75. The number of carbonyl (C=O) groups excluding carboxylic acids is 1. The van der Waals surface area contributed by atoms with Crippen LogP contribution in [-0.4, -0.2) is 34.3 Å². The summed E-state index contributed by atoms with van der Waals surface area (Å²) in [6.07, 6.45) is -2.04. The second-order valence-corrected chi connectivity index (χ2v) is 5.45. The number of nitrogens with zero attached hydrogens (tertiary/aromatic N) is 2. The summed E-state index contributed by atoms with van der Waals surface area (Å²) < 4.78 is 44.0. The number of aromatic amines is 1. The van der Waals surface area contributed by atoms with Gasteiger partial charge in [-0.25, -0.2) is 0 Å². The number of ether oxygens (including phenoxy) is 1. The normalized spacial score (nSPS) is 16.1. The maximum Gasteiger partial charge on any atom is 0.434 e. The van der Waals surface area contributed by atoms with E-state index in [1.807, 2.05) is 0 Å². The van der Waals surface area contributed by atoms with Gasteiger partial charge in [-0.05, 0) is 25.0 Å². The average molecular weight is 340 g/mol. The number of hydrogen-bond acceptors (Lipinski definition) is 4. The molecule has 128 valence electrons. The first kappa shape index (κ1) is 16.4. The molecule has 1 aliphatic rings. The van der Waals surface area contributed by atoms with Crippen LogP contribution in [0.1, 0.15) is 40.5 Å². The zero-order chi connectivity index (χ0) is 17.2. The van der Waals surface area contributed by atoms with Crippen molar-refractivity contribution in [1.29, 1.82) is 0 Å². The average Bonchev–Trinajstić information content (AvgIpc) is 3.03. The predicted octanol–water partition coefficient (Wildman–Crippen LogP) is 2.97. The number of pyridine rings is 1. The summed E-state index contributed by atoms with van der Waals surface area (Å²) in [5.41, 5.74) is -0.931. The zero-order valence-electron chi connectivity index (χ0n) is 12.6. The van der Waals surface area contributed by atoms with Crippen LogP contribution in [-0.2, 0) is 10.9 Å². The minimum Gasteiger partial charge on any atom is -0.381 e. The lowest BCUT2D eigenvalue weighted by Gasteiger charge is -2.20. The van der Waals surface area contributed by atoms with Gasteiger partial charge in [0.05, 0.1) is 5.56 Å². The quantitative estimate of drug-likeness (QED) is 0.900. The maximum atomic E-state index is 12.9. The highest BCUT2D eigenvalue weighted by molar-refractivity contribution is 6.04. The van der Waals surface area contributed by atoms with Gasteiger partial charge in [-0.1, -0.05) is 0 Å². The molecular formula is C15H15F3N4O2. The van der Waals surface area contributed by atoms with E-state index in [1.54, 1.807) is 6.07 Å². The topological polar surface area (TPSA) is 79.9 Å². The molecule has 3 rings (SSSR count). The SMILES string of the molecule is O=C(Nc1cc(C2CCOCC2)[nH]n1)c1cccnc1C(F)(F)F. The standard InChI is InChI=1S/C15H15F3N4O2/c16-15(17,18)13-10(2-1-5-19-13)14(23)20-12-8-11(21-22-12)9-3-6-24-7-4-9/h1-2,5,8-9H,3-4,6-7H2,(H2,20,21,22,23). The third-order valence-electron chi connectivity index (χ3n) is 3.82. The van der Waals surface area contributed by atoms with Crippen LogP contribution in [0.5, 0.6) is 0 Å². The van der Waals surface area contributed by atoms with E-state index in [-0.39, 0.29) is 11.7 Å². The lowest BCUT2D eigenvalue weighted by molar-refractivity contribution is -0.141. The van der Waals surface area contributed by atoms with Crippen molar-refractivity contribution >= 4 is 11.7 Å². The molecule has 1 aliphatic heterocycles. The Bertz CT molecular complexity index is 724. The maximum absolute atomic E-state index is 12.9. The summed E-state index contributed by atoms with van der Waals surface area (Å²) in [5.74, 6) is -0.486. The van der Waals surface area contributed by atoms with Crippen molar-refractivity contribution in [2.24, 2.45) is 0 Å². The van der Waals surface area contributed by atoms with Crippen LogP contribution in [0.25, 0.3) is 0 Å². The molecule has 2 aromatic heterocycles. The van der Waals surface area contributed by atoms with Crippen LogP contribution in [0, 0.1) is 0 Å². The lowest BCUT2D eigenvalue weighted by Crippen LogP contribution is -2.20. The predicted molar refractivity (Wildman–Crippen MR) is 78.6 cm³/mol. The summed E-state index contributed by atoms with van der Waals surface area (Å²) in [5, 5.41) is 9.15. The Labute approximate surface area is 135 Å². The number of amides is 1. The van der Waals surface area contributed by atoms with E-state index in [4.69, 9.17) is 4.74 Å². The Morgan fingerprint density at radius 2 is 2.08 bits per heavy atom. The third kappa shape index (κ3) is 3.56. The Kier molecular flexibility index (Phi) is 4.52. The highest BCUT2D eigenvalue weighted by Gasteiger charge is 2.37. The van der Waals surface area contributed by atoms with Crippen molar-refractivity contribution in [3.63, 3.8) is 0 Å². The van der Waals surface area contributed by atoms with Gasteiger partial charge in [-0.3, -0.25) is 14.9 Å². The summed E-state index contributed by atoms with van der Waals surface area (Å²) in [4.78, 5) is 15.4. The largest absolute Gasteiger partial charge is 0.434 e.